The van der Waals surface area contributed by atoms with Gasteiger partial charge >= 0.3 is 0 Å². The van der Waals surface area contributed by atoms with E-state index in [1.165, 1.54) is 69.7 Å². The highest BCUT2D eigenvalue weighted by atomic mass is 32.1. The normalized spacial score (nSPS) is 11.7. The van der Waals surface area contributed by atoms with Crippen LogP contribution in [0.25, 0.3) is 86.0 Å². The van der Waals surface area contributed by atoms with Crippen LogP contribution in [-0.4, -0.2) is 9.97 Å². The molecule has 0 spiro atoms. The molecule has 0 unspecified atom stereocenters. The Morgan fingerprint density at radius 1 is 0.419 bits per heavy atom. The van der Waals surface area contributed by atoms with Gasteiger partial charge in [-0.2, -0.15) is 0 Å². The van der Waals surface area contributed by atoms with Gasteiger partial charge in [0, 0.05) is 37.1 Å². The van der Waals surface area contributed by atoms with Gasteiger partial charge < -0.3 is 0 Å². The van der Waals surface area contributed by atoms with Crippen molar-refractivity contribution >= 4 is 64.0 Å². The minimum atomic E-state index is 0.999. The Bertz CT molecular complexity index is 2490. The summed E-state index contributed by atoms with van der Waals surface area (Å²) in [4.78, 5) is 8.97. The number of thiophene rings is 1. The smallest absolute Gasteiger partial charge is 0.116 e. The maximum atomic E-state index is 4.63. The Balaban J connectivity index is 1.17. The van der Waals surface area contributed by atoms with E-state index in [0.717, 1.165) is 16.3 Å². The van der Waals surface area contributed by atoms with E-state index in [1.54, 1.807) is 6.33 Å². The van der Waals surface area contributed by atoms with Crippen LogP contribution in [0.2, 0.25) is 0 Å². The van der Waals surface area contributed by atoms with Crippen LogP contribution in [0.15, 0.2) is 146 Å². The first-order valence-electron chi connectivity index (χ1n) is 14.5. The van der Waals surface area contributed by atoms with Crippen molar-refractivity contribution in [2.75, 3.05) is 0 Å². The molecule has 2 nitrogen and oxygen atoms in total. The summed E-state index contributed by atoms with van der Waals surface area (Å²) < 4.78 is 2.67. The molecule has 0 aliphatic carbocycles. The Morgan fingerprint density at radius 2 is 1.05 bits per heavy atom. The number of hydrogen-bond acceptors (Lipinski definition) is 3. The van der Waals surface area contributed by atoms with Gasteiger partial charge in [0.05, 0.1) is 5.52 Å². The van der Waals surface area contributed by atoms with E-state index >= 15 is 0 Å². The van der Waals surface area contributed by atoms with Crippen LogP contribution in [-0.2, 0) is 0 Å². The predicted octanol–water partition coefficient (Wildman–Crippen LogP) is 11.3. The summed E-state index contributed by atoms with van der Waals surface area (Å²) >= 11 is 1.88. The molecule has 0 amide bonds. The number of aromatic nitrogens is 2. The summed E-state index contributed by atoms with van der Waals surface area (Å²) in [5, 5.41) is 8.51. The molecule has 0 aliphatic rings. The number of nitrogens with zero attached hydrogens (tertiary/aromatic N) is 2. The molecule has 0 bridgehead atoms. The van der Waals surface area contributed by atoms with Gasteiger partial charge in [0.2, 0.25) is 0 Å². The van der Waals surface area contributed by atoms with Crippen molar-refractivity contribution in [3.05, 3.63) is 146 Å². The highest BCUT2D eigenvalue weighted by molar-refractivity contribution is 7.26. The van der Waals surface area contributed by atoms with E-state index < -0.39 is 0 Å². The monoisotopic (exact) mass is 564 g/mol. The summed E-state index contributed by atoms with van der Waals surface area (Å²) in [5.41, 5.74) is 8.35. The number of benzene rings is 7. The fourth-order valence-corrected chi connectivity index (χ4v) is 7.80. The van der Waals surface area contributed by atoms with Crippen molar-refractivity contribution in [1.29, 1.82) is 0 Å². The molecule has 7 aromatic carbocycles. The van der Waals surface area contributed by atoms with Crippen molar-refractivity contribution < 1.29 is 0 Å². The van der Waals surface area contributed by atoms with Crippen LogP contribution in [0.4, 0.5) is 0 Å². The molecule has 0 saturated heterocycles. The molecule has 0 radical (unpaired) electrons. The highest BCUT2D eigenvalue weighted by Gasteiger charge is 2.13. The highest BCUT2D eigenvalue weighted by Crippen LogP contribution is 2.41. The summed E-state index contributed by atoms with van der Waals surface area (Å²) in [6, 6.07) is 48.5. The maximum Gasteiger partial charge on any atom is 0.116 e. The predicted molar refractivity (Wildman–Crippen MR) is 184 cm³/mol. The molecule has 43 heavy (non-hydrogen) atoms. The van der Waals surface area contributed by atoms with Gasteiger partial charge in [-0.3, -0.25) is 0 Å². The molecule has 0 N–H and O–H groups in total. The Labute approximate surface area is 252 Å². The molecular weight excluding hydrogens is 541 g/mol. The van der Waals surface area contributed by atoms with Crippen molar-refractivity contribution in [1.82, 2.24) is 9.97 Å². The second kappa shape index (κ2) is 9.59. The lowest BCUT2D eigenvalue weighted by Crippen LogP contribution is -1.88. The van der Waals surface area contributed by atoms with Gasteiger partial charge in [-0.25, -0.2) is 9.97 Å². The minimum absolute atomic E-state index is 0.999. The van der Waals surface area contributed by atoms with Crippen LogP contribution in [0.1, 0.15) is 0 Å². The minimum Gasteiger partial charge on any atom is -0.244 e. The second-order valence-electron chi connectivity index (χ2n) is 11.0. The molecule has 2 aromatic heterocycles. The van der Waals surface area contributed by atoms with Gasteiger partial charge in [-0.15, -0.1) is 11.3 Å². The van der Waals surface area contributed by atoms with E-state index in [-0.39, 0.29) is 0 Å². The molecular formula is C40H24N2S. The zero-order chi connectivity index (χ0) is 28.3. The van der Waals surface area contributed by atoms with Gasteiger partial charge in [-0.05, 0) is 73.8 Å². The average Bonchev–Trinajstić information content (AvgIpc) is 3.47. The van der Waals surface area contributed by atoms with E-state index in [2.05, 4.69) is 143 Å². The topological polar surface area (TPSA) is 25.8 Å². The second-order valence-corrected chi connectivity index (χ2v) is 12.1. The SMILES string of the molecule is c1cc(-c2cccc(-c3cccc4c3sc3ccccc34)c2)cc(-c2ccc3c(c2)c2ccccc2c2ncncc32)c1. The third-order valence-corrected chi connectivity index (χ3v) is 9.82. The van der Waals surface area contributed by atoms with Gasteiger partial charge in [0.25, 0.3) is 0 Å². The number of fused-ring (bicyclic) bond motifs is 9. The van der Waals surface area contributed by atoms with E-state index in [4.69, 9.17) is 0 Å². The summed E-state index contributed by atoms with van der Waals surface area (Å²) in [7, 11) is 0. The van der Waals surface area contributed by atoms with E-state index in [0.29, 0.717) is 0 Å². The molecule has 2 heterocycles. The van der Waals surface area contributed by atoms with Crippen molar-refractivity contribution in [3.8, 4) is 33.4 Å². The lowest BCUT2D eigenvalue weighted by Gasteiger charge is -2.12. The fourth-order valence-electron chi connectivity index (χ4n) is 6.57. The average molecular weight is 565 g/mol. The van der Waals surface area contributed by atoms with Crippen molar-refractivity contribution in [2.45, 2.75) is 0 Å². The van der Waals surface area contributed by atoms with E-state index in [9.17, 15) is 0 Å². The lowest BCUT2D eigenvalue weighted by atomic mass is 9.93. The van der Waals surface area contributed by atoms with Gasteiger partial charge in [0.15, 0.2) is 0 Å². The first kappa shape index (κ1) is 24.2. The molecule has 0 fully saturated rings. The third-order valence-electron chi connectivity index (χ3n) is 8.60. The van der Waals surface area contributed by atoms with Crippen LogP contribution in [0.5, 0.6) is 0 Å². The molecule has 3 heteroatoms. The van der Waals surface area contributed by atoms with Crippen LogP contribution in [0, 0.1) is 0 Å². The van der Waals surface area contributed by atoms with Crippen molar-refractivity contribution in [2.24, 2.45) is 0 Å². The summed E-state index contributed by atoms with van der Waals surface area (Å²) in [6.07, 6.45) is 3.57. The van der Waals surface area contributed by atoms with E-state index in [1.807, 2.05) is 17.5 Å². The first-order chi connectivity index (χ1) is 21.3. The Hall–Kier alpha value is -5.38. The number of rotatable bonds is 3. The first-order valence-corrected chi connectivity index (χ1v) is 15.3. The molecule has 9 rings (SSSR count). The lowest BCUT2D eigenvalue weighted by molar-refractivity contribution is 1.23. The summed E-state index contributed by atoms with van der Waals surface area (Å²) in [5.74, 6) is 0. The Morgan fingerprint density at radius 3 is 1.88 bits per heavy atom. The van der Waals surface area contributed by atoms with Gasteiger partial charge in [0.1, 0.15) is 6.33 Å². The van der Waals surface area contributed by atoms with Crippen LogP contribution >= 0.6 is 11.3 Å². The zero-order valence-electron chi connectivity index (χ0n) is 23.2. The zero-order valence-corrected chi connectivity index (χ0v) is 24.0. The fraction of sp³-hybridized carbons (Fsp3) is 0. The van der Waals surface area contributed by atoms with Crippen LogP contribution < -0.4 is 0 Å². The molecule has 0 aliphatic heterocycles. The molecule has 9 aromatic rings. The Kier molecular flexibility index (Phi) is 5.40. The molecule has 200 valence electrons. The maximum absolute atomic E-state index is 4.63. The number of hydrogen-bond donors (Lipinski definition) is 0. The third kappa shape index (κ3) is 3.86. The summed E-state index contributed by atoms with van der Waals surface area (Å²) in [6.45, 7) is 0. The molecule has 0 atom stereocenters. The molecule has 0 saturated carbocycles. The van der Waals surface area contributed by atoms with Gasteiger partial charge in [-0.1, -0.05) is 109 Å². The van der Waals surface area contributed by atoms with Crippen LogP contribution in [0.3, 0.4) is 0 Å². The van der Waals surface area contributed by atoms with Crippen molar-refractivity contribution in [3.63, 3.8) is 0 Å². The quantitative estimate of drug-likeness (QED) is 0.199. The largest absolute Gasteiger partial charge is 0.244 e. The standard InChI is InChI=1S/C40H24N2S/c1-2-14-34-31(12-1)36-22-28(18-19-32(36)37-23-41-24-42-39(34)37)26-9-5-8-25(20-26)27-10-6-11-29(21-27)30-15-7-16-35-33-13-3-4-17-38(33)43-40(30)35/h1-24H.